The fourth-order valence-corrected chi connectivity index (χ4v) is 1.56. The first-order valence-electron chi connectivity index (χ1n) is 4.76. The topological polar surface area (TPSA) is 107 Å². The van der Waals surface area contributed by atoms with Gasteiger partial charge in [0.15, 0.2) is 0 Å². The largest absolute Gasteiger partial charge is 0.448 e. The molecule has 1 heterocycles. The number of anilines is 1. The number of ether oxygens (including phenoxy) is 1. The van der Waals surface area contributed by atoms with E-state index in [0.29, 0.717) is 17.9 Å². The van der Waals surface area contributed by atoms with Crippen molar-refractivity contribution in [1.82, 2.24) is 4.57 Å². The lowest BCUT2D eigenvalue weighted by Gasteiger charge is -2.08. The summed E-state index contributed by atoms with van der Waals surface area (Å²) in [7, 11) is 0. The van der Waals surface area contributed by atoms with E-state index in [2.05, 4.69) is 4.74 Å². The second-order valence-electron chi connectivity index (χ2n) is 3.40. The number of primary amides is 1. The predicted octanol–water partition coefficient (Wildman–Crippen LogP) is 0.654. The first kappa shape index (κ1) is 11.9. The van der Waals surface area contributed by atoms with Crippen LogP contribution in [0.25, 0.3) is 0 Å². The molecule has 16 heavy (non-hydrogen) atoms. The zero-order chi connectivity index (χ0) is 12.3. The molecule has 86 valence electrons. The maximum absolute atomic E-state index is 10.4. The lowest BCUT2D eigenvalue weighted by Crippen LogP contribution is -2.17. The smallest absolute Gasteiger partial charge is 0.404 e. The van der Waals surface area contributed by atoms with Gasteiger partial charge in [0.1, 0.15) is 18.5 Å². The maximum Gasteiger partial charge on any atom is 0.404 e. The second kappa shape index (κ2) is 4.57. The number of hydrogen-bond acceptors (Lipinski definition) is 4. The van der Waals surface area contributed by atoms with Crippen molar-refractivity contribution >= 4 is 11.9 Å². The molecule has 4 N–H and O–H groups in total. The number of carbonyl (C=O) groups is 1. The average Bonchev–Trinajstić information content (AvgIpc) is 2.41. The molecule has 0 atom stereocenters. The molecule has 0 aliphatic heterocycles. The Labute approximate surface area is 93.4 Å². The summed E-state index contributed by atoms with van der Waals surface area (Å²) in [5.41, 5.74) is 12.8. The molecule has 6 heteroatoms. The first-order chi connectivity index (χ1) is 7.49. The van der Waals surface area contributed by atoms with E-state index in [9.17, 15) is 4.79 Å². The molecule has 0 aromatic carbocycles. The highest BCUT2D eigenvalue weighted by atomic mass is 16.5. The molecule has 0 unspecified atom stereocenters. The molecular formula is C10H14N4O2. The number of carbonyl (C=O) groups excluding carboxylic acids is 1. The van der Waals surface area contributed by atoms with Crippen molar-refractivity contribution < 1.29 is 9.53 Å². The van der Waals surface area contributed by atoms with Crippen molar-refractivity contribution in [1.29, 1.82) is 5.26 Å². The van der Waals surface area contributed by atoms with Gasteiger partial charge in [-0.15, -0.1) is 0 Å². The SMILES string of the molecule is Cc1c(C#N)c(N)n(CCOC(N)=O)c1C. The number of nitriles is 1. The van der Waals surface area contributed by atoms with E-state index < -0.39 is 6.09 Å². The fraction of sp³-hybridized carbons (Fsp3) is 0.400. The molecule has 0 fully saturated rings. The standard InChI is InChI=1S/C10H14N4O2/c1-6-7(2)14(3-4-16-10(13)15)9(12)8(6)5-11/h3-4,12H2,1-2H3,(H2,13,15). The Balaban J connectivity index is 2.89. The minimum Gasteiger partial charge on any atom is -0.448 e. The number of nitrogens with two attached hydrogens (primary N) is 2. The summed E-state index contributed by atoms with van der Waals surface area (Å²) in [6.45, 7) is 4.22. The maximum atomic E-state index is 10.4. The van der Waals surface area contributed by atoms with Crippen LogP contribution in [0.5, 0.6) is 0 Å². The average molecular weight is 222 g/mol. The Hall–Kier alpha value is -2.16. The van der Waals surface area contributed by atoms with Gasteiger partial charge in [-0.3, -0.25) is 0 Å². The van der Waals surface area contributed by atoms with Crippen molar-refractivity contribution in [3.05, 3.63) is 16.8 Å². The predicted molar refractivity (Wildman–Crippen MR) is 58.6 cm³/mol. The van der Waals surface area contributed by atoms with Crippen molar-refractivity contribution in [2.45, 2.75) is 20.4 Å². The Morgan fingerprint density at radius 1 is 1.56 bits per heavy atom. The normalized spacial score (nSPS) is 9.81. The van der Waals surface area contributed by atoms with Crippen LogP contribution in [0.15, 0.2) is 0 Å². The highest BCUT2D eigenvalue weighted by molar-refractivity contribution is 5.64. The van der Waals surface area contributed by atoms with Crippen LogP contribution in [0.1, 0.15) is 16.8 Å². The third-order valence-corrected chi connectivity index (χ3v) is 2.54. The van der Waals surface area contributed by atoms with Crippen LogP contribution < -0.4 is 11.5 Å². The van der Waals surface area contributed by atoms with Gasteiger partial charge in [-0.25, -0.2) is 4.79 Å². The van der Waals surface area contributed by atoms with Crippen LogP contribution in [0.4, 0.5) is 10.6 Å². The van der Waals surface area contributed by atoms with Crippen molar-refractivity contribution in [3.8, 4) is 6.07 Å². The van der Waals surface area contributed by atoms with E-state index in [4.69, 9.17) is 16.7 Å². The summed E-state index contributed by atoms with van der Waals surface area (Å²) in [4.78, 5) is 10.4. The third kappa shape index (κ3) is 2.08. The number of nitrogen functional groups attached to an aromatic ring is 1. The summed E-state index contributed by atoms with van der Waals surface area (Å²) in [5.74, 6) is 0.394. The molecule has 0 saturated carbocycles. The summed E-state index contributed by atoms with van der Waals surface area (Å²) in [6.07, 6.45) is -0.819. The van der Waals surface area contributed by atoms with Crippen LogP contribution in [-0.4, -0.2) is 17.3 Å². The number of nitrogens with zero attached hydrogens (tertiary/aromatic N) is 2. The van der Waals surface area contributed by atoms with E-state index in [-0.39, 0.29) is 6.61 Å². The van der Waals surface area contributed by atoms with Crippen LogP contribution in [-0.2, 0) is 11.3 Å². The number of amides is 1. The summed E-state index contributed by atoms with van der Waals surface area (Å²) in [6, 6.07) is 2.05. The number of rotatable bonds is 3. The minimum atomic E-state index is -0.819. The van der Waals surface area contributed by atoms with Crippen LogP contribution in [0.2, 0.25) is 0 Å². The Kier molecular flexibility index (Phi) is 3.40. The van der Waals surface area contributed by atoms with E-state index in [1.165, 1.54) is 0 Å². The molecule has 1 rings (SSSR count). The zero-order valence-corrected chi connectivity index (χ0v) is 9.28. The molecule has 1 aromatic heterocycles. The third-order valence-electron chi connectivity index (χ3n) is 2.54. The lowest BCUT2D eigenvalue weighted by atomic mass is 10.2. The lowest BCUT2D eigenvalue weighted by molar-refractivity contribution is 0.152. The Morgan fingerprint density at radius 3 is 2.62 bits per heavy atom. The van der Waals surface area contributed by atoms with Gasteiger partial charge >= 0.3 is 6.09 Å². The molecular weight excluding hydrogens is 208 g/mol. The number of hydrogen-bond donors (Lipinski definition) is 2. The minimum absolute atomic E-state index is 0.138. The first-order valence-corrected chi connectivity index (χ1v) is 4.76. The Bertz CT molecular complexity index is 456. The van der Waals surface area contributed by atoms with Crippen LogP contribution >= 0.6 is 0 Å². The van der Waals surface area contributed by atoms with Gasteiger partial charge < -0.3 is 20.8 Å². The van der Waals surface area contributed by atoms with Gasteiger partial charge in [0.25, 0.3) is 0 Å². The molecule has 0 aliphatic carbocycles. The van der Waals surface area contributed by atoms with E-state index in [0.717, 1.165) is 11.3 Å². The second-order valence-corrected chi connectivity index (χ2v) is 3.40. The molecule has 6 nitrogen and oxygen atoms in total. The molecule has 0 aliphatic rings. The fourth-order valence-electron chi connectivity index (χ4n) is 1.56. The zero-order valence-electron chi connectivity index (χ0n) is 9.28. The molecule has 0 radical (unpaired) electrons. The van der Waals surface area contributed by atoms with Crippen molar-refractivity contribution in [3.63, 3.8) is 0 Å². The molecule has 0 bridgehead atoms. The van der Waals surface area contributed by atoms with Gasteiger partial charge in [-0.2, -0.15) is 5.26 Å². The van der Waals surface area contributed by atoms with Gasteiger partial charge in [0.2, 0.25) is 0 Å². The van der Waals surface area contributed by atoms with E-state index in [1.54, 1.807) is 4.57 Å². The summed E-state index contributed by atoms with van der Waals surface area (Å²) in [5, 5.41) is 8.90. The van der Waals surface area contributed by atoms with Gasteiger partial charge in [-0.1, -0.05) is 0 Å². The monoisotopic (exact) mass is 222 g/mol. The number of aromatic nitrogens is 1. The quantitative estimate of drug-likeness (QED) is 0.782. The Morgan fingerprint density at radius 2 is 2.19 bits per heavy atom. The van der Waals surface area contributed by atoms with Gasteiger partial charge in [-0.05, 0) is 19.4 Å². The highest BCUT2D eigenvalue weighted by Crippen LogP contribution is 2.22. The summed E-state index contributed by atoms with van der Waals surface area (Å²) < 4.78 is 6.35. The molecule has 1 amide bonds. The van der Waals surface area contributed by atoms with Crippen molar-refractivity contribution in [2.24, 2.45) is 5.73 Å². The van der Waals surface area contributed by atoms with Gasteiger partial charge in [0.05, 0.1) is 12.1 Å². The van der Waals surface area contributed by atoms with Crippen molar-refractivity contribution in [2.75, 3.05) is 12.3 Å². The molecule has 0 saturated heterocycles. The van der Waals surface area contributed by atoms with E-state index in [1.807, 2.05) is 19.9 Å². The van der Waals surface area contributed by atoms with Gasteiger partial charge in [0, 0.05) is 5.69 Å². The molecule has 0 spiro atoms. The highest BCUT2D eigenvalue weighted by Gasteiger charge is 2.14. The van der Waals surface area contributed by atoms with Crippen LogP contribution in [0, 0.1) is 25.2 Å². The molecule has 1 aromatic rings. The summed E-state index contributed by atoms with van der Waals surface area (Å²) >= 11 is 0. The van der Waals surface area contributed by atoms with Crippen LogP contribution in [0.3, 0.4) is 0 Å². The van der Waals surface area contributed by atoms with E-state index >= 15 is 0 Å².